The summed E-state index contributed by atoms with van der Waals surface area (Å²) in [6.45, 7) is 4.68. The zero-order chi connectivity index (χ0) is 29.9. The van der Waals surface area contributed by atoms with Crippen molar-refractivity contribution in [2.75, 3.05) is 0 Å². The molecular weight excluding hydrogens is 544 g/mol. The summed E-state index contributed by atoms with van der Waals surface area (Å²) in [5, 5.41) is 2.64. The maximum atomic E-state index is 6.60. The lowest BCUT2D eigenvalue weighted by Gasteiger charge is -2.40. The molecule has 0 radical (unpaired) electrons. The van der Waals surface area contributed by atoms with E-state index in [0.717, 1.165) is 11.5 Å². The highest BCUT2D eigenvalue weighted by molar-refractivity contribution is 6.08. The van der Waals surface area contributed by atoms with Crippen molar-refractivity contribution in [1.82, 2.24) is 0 Å². The molecule has 1 spiro atoms. The van der Waals surface area contributed by atoms with Crippen molar-refractivity contribution in [3.05, 3.63) is 179 Å². The van der Waals surface area contributed by atoms with Gasteiger partial charge in [-0.2, -0.15) is 0 Å². The Morgan fingerprint density at radius 2 is 0.933 bits per heavy atom. The minimum absolute atomic E-state index is 0.235. The summed E-state index contributed by atoms with van der Waals surface area (Å²) in [6.07, 6.45) is 0. The van der Waals surface area contributed by atoms with Crippen molar-refractivity contribution < 1.29 is 4.74 Å². The third kappa shape index (κ3) is 2.99. The number of ether oxygens (including phenoxy) is 1. The van der Waals surface area contributed by atoms with Crippen LogP contribution in [0, 0.1) is 0 Å². The molecule has 0 amide bonds. The summed E-state index contributed by atoms with van der Waals surface area (Å²) in [5.41, 5.74) is 15.0. The van der Waals surface area contributed by atoms with Crippen molar-refractivity contribution >= 4 is 10.8 Å². The van der Waals surface area contributed by atoms with E-state index in [9.17, 15) is 0 Å². The quantitative estimate of drug-likeness (QED) is 0.189. The summed E-state index contributed by atoms with van der Waals surface area (Å²) < 4.78 is 6.60. The van der Waals surface area contributed by atoms with E-state index < -0.39 is 5.41 Å². The van der Waals surface area contributed by atoms with Gasteiger partial charge in [-0.3, -0.25) is 0 Å². The van der Waals surface area contributed by atoms with Crippen molar-refractivity contribution in [2.45, 2.75) is 24.7 Å². The second-order valence-electron chi connectivity index (χ2n) is 13.2. The third-order valence-corrected chi connectivity index (χ3v) is 10.7. The predicted molar refractivity (Wildman–Crippen MR) is 184 cm³/mol. The molecule has 3 aliphatic rings. The van der Waals surface area contributed by atoms with Crippen molar-refractivity contribution in [1.29, 1.82) is 0 Å². The molecule has 1 aliphatic heterocycles. The Hall–Kier alpha value is -5.40. The van der Waals surface area contributed by atoms with Crippen LogP contribution in [0.1, 0.15) is 47.2 Å². The Balaban J connectivity index is 1.34. The van der Waals surface area contributed by atoms with E-state index in [0.29, 0.717) is 0 Å². The molecule has 0 fully saturated rings. The Kier molecular flexibility index (Phi) is 4.78. The van der Waals surface area contributed by atoms with Crippen LogP contribution in [-0.2, 0) is 10.8 Å². The lowest BCUT2D eigenvalue weighted by atomic mass is 9.61. The normalized spacial score (nSPS) is 17.6. The van der Waals surface area contributed by atoms with E-state index in [1.807, 2.05) is 0 Å². The van der Waals surface area contributed by atoms with Crippen LogP contribution in [0.5, 0.6) is 11.5 Å². The summed E-state index contributed by atoms with van der Waals surface area (Å²) in [7, 11) is 0. The fourth-order valence-electron chi connectivity index (χ4n) is 9.01. The van der Waals surface area contributed by atoms with Crippen LogP contribution < -0.4 is 4.74 Å². The number of fused-ring (bicyclic) bond motifs is 11. The molecule has 0 bridgehead atoms. The molecule has 1 atom stereocenters. The Morgan fingerprint density at radius 3 is 1.78 bits per heavy atom. The largest absolute Gasteiger partial charge is 0.457 e. The van der Waals surface area contributed by atoms with Crippen LogP contribution in [0.4, 0.5) is 0 Å². The summed E-state index contributed by atoms with van der Waals surface area (Å²) in [5.74, 6) is 1.89. The lowest BCUT2D eigenvalue weighted by Crippen LogP contribution is -2.31. The molecule has 10 rings (SSSR count). The molecule has 0 N–H and O–H groups in total. The molecule has 1 heterocycles. The van der Waals surface area contributed by atoms with Gasteiger partial charge in [0.2, 0.25) is 0 Å². The molecular formula is C44H30O. The molecule has 0 saturated carbocycles. The maximum absolute atomic E-state index is 6.60. The predicted octanol–water partition coefficient (Wildman–Crippen LogP) is 11.3. The average Bonchev–Trinajstić information content (AvgIpc) is 3.38. The molecule has 212 valence electrons. The first-order valence-corrected chi connectivity index (χ1v) is 15.9. The smallest absolute Gasteiger partial charge is 0.132 e. The van der Waals surface area contributed by atoms with Crippen LogP contribution in [0.2, 0.25) is 0 Å². The zero-order valence-corrected chi connectivity index (χ0v) is 25.3. The summed E-state index contributed by atoms with van der Waals surface area (Å²) >= 11 is 0. The first kappa shape index (κ1) is 25.0. The van der Waals surface area contributed by atoms with Gasteiger partial charge >= 0.3 is 0 Å². The second kappa shape index (κ2) is 8.61. The topological polar surface area (TPSA) is 9.23 Å². The fraction of sp³-hybridized carbons (Fsp3) is 0.0909. The molecule has 7 aromatic carbocycles. The van der Waals surface area contributed by atoms with Gasteiger partial charge in [0.05, 0.1) is 5.41 Å². The van der Waals surface area contributed by atoms with Gasteiger partial charge in [0.15, 0.2) is 0 Å². The lowest BCUT2D eigenvalue weighted by molar-refractivity contribution is 0.419. The van der Waals surface area contributed by atoms with Gasteiger partial charge in [0.25, 0.3) is 0 Å². The number of hydrogen-bond acceptors (Lipinski definition) is 1. The van der Waals surface area contributed by atoms with Gasteiger partial charge in [-0.15, -0.1) is 0 Å². The van der Waals surface area contributed by atoms with E-state index in [2.05, 4.69) is 159 Å². The van der Waals surface area contributed by atoms with Gasteiger partial charge in [-0.1, -0.05) is 147 Å². The van der Waals surface area contributed by atoms with Crippen LogP contribution >= 0.6 is 0 Å². The maximum Gasteiger partial charge on any atom is 0.132 e. The Morgan fingerprint density at radius 1 is 0.400 bits per heavy atom. The van der Waals surface area contributed by atoms with Crippen molar-refractivity contribution in [2.24, 2.45) is 0 Å². The van der Waals surface area contributed by atoms with Crippen LogP contribution in [0.25, 0.3) is 44.2 Å². The second-order valence-corrected chi connectivity index (χ2v) is 13.2. The molecule has 1 unspecified atom stereocenters. The minimum Gasteiger partial charge on any atom is -0.457 e. The number of benzene rings is 7. The van der Waals surface area contributed by atoms with Crippen LogP contribution in [0.3, 0.4) is 0 Å². The van der Waals surface area contributed by atoms with Gasteiger partial charge in [0, 0.05) is 16.5 Å². The monoisotopic (exact) mass is 574 g/mol. The van der Waals surface area contributed by atoms with E-state index in [1.165, 1.54) is 77.5 Å². The zero-order valence-electron chi connectivity index (χ0n) is 25.3. The number of para-hydroxylation sites is 1. The van der Waals surface area contributed by atoms with Gasteiger partial charge in [-0.25, -0.2) is 0 Å². The Labute approximate surface area is 263 Å². The molecule has 2 aliphatic carbocycles. The SMILES string of the molecule is CC1(C)c2ccccc2Oc2cccc(-c3cccc4c3-c3ccccc3C43c4ccccc4-c4cccc5cccc3c45)c21. The van der Waals surface area contributed by atoms with Gasteiger partial charge in [0.1, 0.15) is 11.5 Å². The fourth-order valence-corrected chi connectivity index (χ4v) is 9.01. The highest BCUT2D eigenvalue weighted by Gasteiger charge is 2.51. The van der Waals surface area contributed by atoms with Crippen molar-refractivity contribution in [3.63, 3.8) is 0 Å². The average molecular weight is 575 g/mol. The van der Waals surface area contributed by atoms with Crippen LogP contribution in [0.15, 0.2) is 146 Å². The van der Waals surface area contributed by atoms with E-state index >= 15 is 0 Å². The highest BCUT2D eigenvalue weighted by atomic mass is 16.5. The third-order valence-electron chi connectivity index (χ3n) is 10.7. The van der Waals surface area contributed by atoms with Gasteiger partial charge in [-0.05, 0) is 78.5 Å². The first-order chi connectivity index (χ1) is 22.1. The van der Waals surface area contributed by atoms with E-state index in [4.69, 9.17) is 4.74 Å². The summed E-state index contributed by atoms with van der Waals surface area (Å²) in [4.78, 5) is 0. The van der Waals surface area contributed by atoms with Crippen molar-refractivity contribution in [3.8, 4) is 44.9 Å². The van der Waals surface area contributed by atoms with Crippen LogP contribution in [-0.4, -0.2) is 0 Å². The van der Waals surface area contributed by atoms with E-state index in [1.54, 1.807) is 0 Å². The van der Waals surface area contributed by atoms with Gasteiger partial charge < -0.3 is 4.74 Å². The molecule has 45 heavy (non-hydrogen) atoms. The molecule has 7 aromatic rings. The highest BCUT2D eigenvalue weighted by Crippen LogP contribution is 2.63. The Bertz CT molecular complexity index is 2390. The first-order valence-electron chi connectivity index (χ1n) is 15.9. The molecule has 1 nitrogen and oxygen atoms in total. The number of hydrogen-bond donors (Lipinski definition) is 0. The minimum atomic E-state index is -0.431. The molecule has 0 aromatic heterocycles. The summed E-state index contributed by atoms with van der Waals surface area (Å²) in [6, 6.07) is 53.9. The molecule has 0 saturated heterocycles. The standard InChI is InChI=1S/C44H30O/c1-43(2)35-22-7-8-25-38(35)45-39-26-12-19-31(42(39)43)30-18-11-24-37-41(30)32-16-4-6-21-34(32)44(37)33-20-5-3-15-28(33)29-17-9-13-27-14-10-23-36(44)40(27)29/h3-26H,1-2H3. The number of rotatable bonds is 1. The van der Waals surface area contributed by atoms with E-state index in [-0.39, 0.29) is 5.41 Å². The molecule has 1 heteroatoms.